The lowest BCUT2D eigenvalue weighted by atomic mass is 9.97. The number of fused-ring (bicyclic) bond motifs is 2. The summed E-state index contributed by atoms with van der Waals surface area (Å²) in [6.45, 7) is 5.00. The molecular formula is C31H33FN2O2. The Balaban J connectivity index is 1.30. The Morgan fingerprint density at radius 3 is 2.33 bits per heavy atom. The number of halogens is 1. The third kappa shape index (κ3) is 5.07. The van der Waals surface area contributed by atoms with E-state index in [-0.39, 0.29) is 18.1 Å². The Morgan fingerprint density at radius 2 is 1.67 bits per heavy atom. The second-order valence-electron chi connectivity index (χ2n) is 9.62. The van der Waals surface area contributed by atoms with Gasteiger partial charge in [0.1, 0.15) is 18.5 Å². The third-order valence-electron chi connectivity index (χ3n) is 7.27. The molecule has 1 aliphatic rings. The van der Waals surface area contributed by atoms with Crippen molar-refractivity contribution in [3.8, 4) is 5.75 Å². The molecule has 2 N–H and O–H groups in total. The van der Waals surface area contributed by atoms with Crippen LogP contribution in [0.15, 0.2) is 71.5 Å². The van der Waals surface area contributed by atoms with Gasteiger partial charge in [-0.2, -0.15) is 0 Å². The fourth-order valence-electron chi connectivity index (χ4n) is 5.33. The van der Waals surface area contributed by atoms with E-state index < -0.39 is 6.17 Å². The highest BCUT2D eigenvalue weighted by Gasteiger charge is 2.24. The van der Waals surface area contributed by atoms with Crippen LogP contribution in [0.1, 0.15) is 53.4 Å². The van der Waals surface area contributed by atoms with Crippen LogP contribution in [0.25, 0.3) is 10.9 Å². The minimum Gasteiger partial charge on any atom is -0.487 e. The predicted octanol–water partition coefficient (Wildman–Crippen LogP) is 6.00. The number of benzene rings is 3. The van der Waals surface area contributed by atoms with Crippen molar-refractivity contribution in [3.05, 3.63) is 110 Å². The number of H-pyrrole nitrogens is 1. The normalized spacial score (nSPS) is 14.2. The molecule has 0 saturated carbocycles. The smallest absolute Gasteiger partial charge is 0.248 e. The average molecular weight is 485 g/mol. The fourth-order valence-corrected chi connectivity index (χ4v) is 5.33. The summed E-state index contributed by atoms with van der Waals surface area (Å²) >= 11 is 0. The summed E-state index contributed by atoms with van der Waals surface area (Å²) in [5, 5.41) is 4.13. The predicted molar refractivity (Wildman–Crippen MR) is 144 cm³/mol. The Hall–Kier alpha value is -3.44. The number of hydrogen-bond acceptors (Lipinski definition) is 3. The van der Waals surface area contributed by atoms with E-state index in [2.05, 4.69) is 36.3 Å². The molecular weight excluding hydrogens is 451 g/mol. The first-order chi connectivity index (χ1) is 17.6. The lowest BCUT2D eigenvalue weighted by Gasteiger charge is -2.18. The Kier molecular flexibility index (Phi) is 7.19. The minimum atomic E-state index is -1.21. The summed E-state index contributed by atoms with van der Waals surface area (Å²) in [6.07, 6.45) is 2.74. The van der Waals surface area contributed by atoms with Gasteiger partial charge in [-0.3, -0.25) is 4.79 Å². The minimum absolute atomic E-state index is 0.221. The van der Waals surface area contributed by atoms with Crippen molar-refractivity contribution in [2.45, 2.75) is 58.4 Å². The van der Waals surface area contributed by atoms with Crippen LogP contribution in [0.4, 0.5) is 4.39 Å². The number of aromatic nitrogens is 1. The second kappa shape index (κ2) is 10.7. The lowest BCUT2D eigenvalue weighted by Crippen LogP contribution is -2.32. The van der Waals surface area contributed by atoms with Gasteiger partial charge in [0.25, 0.3) is 0 Å². The standard InChI is InChI=1S/C31H33FN2O2/c1-3-21-14-23-16-25(17-24(23)15-22(21)4-2)33-18-28(32)26-10-12-29(31-27(26)11-13-30(35)34-31)36-19-20-8-6-5-7-9-20/h5-15,25,28,33H,3-4,16-19H2,1-2H3,(H,34,35)/t28-/m1/s1. The number of aromatic amines is 1. The SMILES string of the molecule is CCc1cc2c(cc1CC)CC(NC[C@@H](F)c1ccc(OCc3ccccc3)c3[nH]c(=O)ccc13)C2. The molecule has 0 spiro atoms. The van der Waals surface area contributed by atoms with Gasteiger partial charge in [0.05, 0.1) is 5.52 Å². The van der Waals surface area contributed by atoms with Crippen LogP contribution < -0.4 is 15.6 Å². The first-order valence-corrected chi connectivity index (χ1v) is 12.9. The Morgan fingerprint density at radius 1 is 0.972 bits per heavy atom. The molecule has 3 aromatic carbocycles. The van der Waals surface area contributed by atoms with Crippen molar-refractivity contribution < 1.29 is 9.13 Å². The van der Waals surface area contributed by atoms with E-state index in [1.165, 1.54) is 28.3 Å². The summed E-state index contributed by atoms with van der Waals surface area (Å²) in [5.74, 6) is 0.542. The first-order valence-electron chi connectivity index (χ1n) is 12.9. The molecule has 4 aromatic rings. The van der Waals surface area contributed by atoms with Crippen molar-refractivity contribution in [1.29, 1.82) is 0 Å². The van der Waals surface area contributed by atoms with Gasteiger partial charge in [0, 0.05) is 24.0 Å². The number of nitrogens with one attached hydrogen (secondary N) is 2. The van der Waals surface area contributed by atoms with E-state index in [4.69, 9.17) is 4.74 Å². The summed E-state index contributed by atoms with van der Waals surface area (Å²) in [4.78, 5) is 14.9. The van der Waals surface area contributed by atoms with Gasteiger partial charge in [-0.15, -0.1) is 0 Å². The van der Waals surface area contributed by atoms with Crippen molar-refractivity contribution >= 4 is 10.9 Å². The molecule has 0 aliphatic heterocycles. The molecule has 5 rings (SSSR count). The molecule has 0 radical (unpaired) electrons. The van der Waals surface area contributed by atoms with Gasteiger partial charge in [0.2, 0.25) is 5.56 Å². The fraction of sp³-hybridized carbons (Fsp3) is 0.323. The maximum Gasteiger partial charge on any atom is 0.248 e. The highest BCUT2D eigenvalue weighted by atomic mass is 19.1. The third-order valence-corrected chi connectivity index (χ3v) is 7.27. The van der Waals surface area contributed by atoms with Crippen LogP contribution in [0, 0.1) is 0 Å². The number of aryl methyl sites for hydroxylation is 2. The topological polar surface area (TPSA) is 54.1 Å². The van der Waals surface area contributed by atoms with Gasteiger partial charge < -0.3 is 15.0 Å². The van der Waals surface area contributed by atoms with Crippen LogP contribution in [-0.2, 0) is 32.3 Å². The molecule has 36 heavy (non-hydrogen) atoms. The van der Waals surface area contributed by atoms with Crippen molar-refractivity contribution in [2.75, 3.05) is 6.54 Å². The lowest BCUT2D eigenvalue weighted by molar-refractivity contribution is 0.306. The maximum absolute atomic E-state index is 15.6. The van der Waals surface area contributed by atoms with Crippen LogP contribution in [-0.4, -0.2) is 17.6 Å². The number of hydrogen-bond donors (Lipinski definition) is 2. The molecule has 0 unspecified atom stereocenters. The molecule has 1 atom stereocenters. The molecule has 4 nitrogen and oxygen atoms in total. The molecule has 0 fully saturated rings. The molecule has 0 saturated heterocycles. The monoisotopic (exact) mass is 484 g/mol. The van der Waals surface area contributed by atoms with E-state index in [1.807, 2.05) is 30.3 Å². The van der Waals surface area contributed by atoms with E-state index >= 15 is 4.39 Å². The molecule has 0 bridgehead atoms. The van der Waals surface area contributed by atoms with Gasteiger partial charge in [-0.05, 0) is 71.2 Å². The van der Waals surface area contributed by atoms with Gasteiger partial charge in [-0.1, -0.05) is 62.4 Å². The van der Waals surface area contributed by atoms with E-state index in [0.717, 1.165) is 31.2 Å². The number of alkyl halides is 1. The number of rotatable bonds is 9. The van der Waals surface area contributed by atoms with Crippen LogP contribution in [0.5, 0.6) is 5.75 Å². The quantitative estimate of drug-likeness (QED) is 0.306. The summed E-state index contributed by atoms with van der Waals surface area (Å²) < 4.78 is 21.6. The summed E-state index contributed by atoms with van der Waals surface area (Å²) in [5.41, 5.74) is 7.50. The summed E-state index contributed by atoms with van der Waals surface area (Å²) in [7, 11) is 0. The van der Waals surface area contributed by atoms with Gasteiger partial charge in [-0.25, -0.2) is 4.39 Å². The van der Waals surface area contributed by atoms with Crippen molar-refractivity contribution in [2.24, 2.45) is 0 Å². The van der Waals surface area contributed by atoms with E-state index in [9.17, 15) is 4.79 Å². The maximum atomic E-state index is 15.6. The highest BCUT2D eigenvalue weighted by molar-refractivity contribution is 5.87. The van der Waals surface area contributed by atoms with E-state index in [0.29, 0.717) is 28.8 Å². The molecule has 0 amide bonds. The van der Waals surface area contributed by atoms with Crippen LogP contribution >= 0.6 is 0 Å². The van der Waals surface area contributed by atoms with Crippen molar-refractivity contribution in [1.82, 2.24) is 10.3 Å². The molecule has 5 heteroatoms. The molecule has 186 valence electrons. The molecule has 1 aliphatic carbocycles. The molecule has 1 heterocycles. The van der Waals surface area contributed by atoms with Crippen molar-refractivity contribution in [3.63, 3.8) is 0 Å². The largest absolute Gasteiger partial charge is 0.487 e. The average Bonchev–Trinajstić information content (AvgIpc) is 3.31. The zero-order valence-electron chi connectivity index (χ0n) is 20.9. The second-order valence-corrected chi connectivity index (χ2v) is 9.62. The Bertz CT molecular complexity index is 1380. The Labute approximate surface area is 211 Å². The summed E-state index contributed by atoms with van der Waals surface area (Å²) in [6, 6.07) is 21.4. The van der Waals surface area contributed by atoms with Gasteiger partial charge >= 0.3 is 0 Å². The van der Waals surface area contributed by atoms with E-state index in [1.54, 1.807) is 18.2 Å². The zero-order valence-corrected chi connectivity index (χ0v) is 20.9. The van der Waals surface area contributed by atoms with Crippen LogP contribution in [0.3, 0.4) is 0 Å². The number of pyridine rings is 1. The first kappa shape index (κ1) is 24.3. The van der Waals surface area contributed by atoms with Gasteiger partial charge in [0.15, 0.2) is 0 Å². The highest BCUT2D eigenvalue weighted by Crippen LogP contribution is 2.32. The number of ether oxygens (including phenoxy) is 1. The zero-order chi connectivity index (χ0) is 25.1. The molecule has 1 aromatic heterocycles. The van der Waals surface area contributed by atoms with Crippen LogP contribution in [0.2, 0.25) is 0 Å².